The summed E-state index contributed by atoms with van der Waals surface area (Å²) in [7, 11) is 0. The first-order valence-corrected chi connectivity index (χ1v) is 12.6. The highest BCUT2D eigenvalue weighted by Gasteiger charge is 2.15. The number of carbonyl (C=O) groups is 1. The maximum atomic E-state index is 13.3. The summed E-state index contributed by atoms with van der Waals surface area (Å²) in [5.74, 6) is -0.269. The zero-order valence-corrected chi connectivity index (χ0v) is 20.9. The number of thioether (sulfide) groups is 1. The Bertz CT molecular complexity index is 1670. The number of nitrogens with one attached hydrogen (secondary N) is 1. The molecule has 36 heavy (non-hydrogen) atoms. The molecular weight excluding hydrogens is 492 g/mol. The number of hydrogen-bond acceptors (Lipinski definition) is 5. The molecule has 0 atom stereocenters. The van der Waals surface area contributed by atoms with Crippen LogP contribution in [0.3, 0.4) is 0 Å². The summed E-state index contributed by atoms with van der Waals surface area (Å²) in [4.78, 5) is 30.7. The highest BCUT2D eigenvalue weighted by Crippen LogP contribution is 2.23. The van der Waals surface area contributed by atoms with Crippen LogP contribution < -0.4 is 11.0 Å². The molecule has 8 heteroatoms. The first kappa shape index (κ1) is 23.8. The van der Waals surface area contributed by atoms with E-state index in [9.17, 15) is 9.59 Å². The minimum absolute atomic E-state index is 0.0324. The Morgan fingerprint density at radius 3 is 2.44 bits per heavy atom. The molecule has 5 aromatic rings. The van der Waals surface area contributed by atoms with Crippen LogP contribution in [-0.2, 0) is 4.79 Å². The van der Waals surface area contributed by atoms with Crippen molar-refractivity contribution in [2.75, 3.05) is 5.75 Å². The molecule has 0 saturated carbocycles. The first-order valence-electron chi connectivity index (χ1n) is 11.2. The largest absolute Gasteiger partial charge is 0.272 e. The van der Waals surface area contributed by atoms with Crippen LogP contribution in [0.25, 0.3) is 27.4 Å². The van der Waals surface area contributed by atoms with E-state index in [1.165, 1.54) is 16.3 Å². The average Bonchev–Trinajstić information content (AvgIpc) is 2.91. The third-order valence-electron chi connectivity index (χ3n) is 5.69. The Morgan fingerprint density at radius 1 is 0.944 bits per heavy atom. The van der Waals surface area contributed by atoms with E-state index in [4.69, 9.17) is 11.6 Å². The van der Waals surface area contributed by atoms with Gasteiger partial charge in [-0.1, -0.05) is 78.0 Å². The number of nitrogens with zero attached hydrogens (tertiary/aromatic N) is 3. The van der Waals surface area contributed by atoms with Gasteiger partial charge >= 0.3 is 0 Å². The van der Waals surface area contributed by atoms with Crippen molar-refractivity contribution >= 4 is 56.7 Å². The Hall–Kier alpha value is -3.94. The summed E-state index contributed by atoms with van der Waals surface area (Å²) in [6.45, 7) is 1.86. The maximum absolute atomic E-state index is 13.3. The molecule has 1 N–H and O–H groups in total. The van der Waals surface area contributed by atoms with Crippen molar-refractivity contribution in [3.8, 4) is 5.69 Å². The van der Waals surface area contributed by atoms with Crippen molar-refractivity contribution < 1.29 is 4.79 Å². The Morgan fingerprint density at radius 2 is 1.64 bits per heavy atom. The lowest BCUT2D eigenvalue weighted by atomic mass is 10.0. The van der Waals surface area contributed by atoms with Gasteiger partial charge in [0.25, 0.3) is 11.5 Å². The fraction of sp³-hybridized carbons (Fsp3) is 0.0714. The molecule has 4 aromatic carbocycles. The number of benzene rings is 4. The Kier molecular flexibility index (Phi) is 6.84. The van der Waals surface area contributed by atoms with Gasteiger partial charge in [0.2, 0.25) is 0 Å². The van der Waals surface area contributed by atoms with Gasteiger partial charge in [-0.3, -0.25) is 14.2 Å². The van der Waals surface area contributed by atoms with Gasteiger partial charge in [0.15, 0.2) is 5.16 Å². The number of aromatic nitrogens is 2. The summed E-state index contributed by atoms with van der Waals surface area (Å²) >= 11 is 7.21. The molecule has 0 spiro atoms. The lowest BCUT2D eigenvalue weighted by Crippen LogP contribution is -2.24. The van der Waals surface area contributed by atoms with Crippen LogP contribution in [0, 0.1) is 0 Å². The standard InChI is InChI=1S/C28H21ClN4O2S/c1-18(22-11-6-8-19-7-2-3-9-23(19)22)31-32-26(34)17-36-28-30-25-12-5-4-10-24(25)27(35)33(28)21-15-13-20(29)14-16-21/h2-16H,17H2,1H3,(H,32,34)/b31-18+. The molecule has 0 bridgehead atoms. The SMILES string of the molecule is C/C(=N\NC(=O)CSc1nc2ccccc2c(=O)n1-c1ccc(Cl)cc1)c1cccc2ccccc12. The summed E-state index contributed by atoms with van der Waals surface area (Å²) in [6, 6.07) is 28.1. The van der Waals surface area contributed by atoms with Crippen LogP contribution >= 0.6 is 23.4 Å². The predicted molar refractivity (Wildman–Crippen MR) is 147 cm³/mol. The minimum Gasteiger partial charge on any atom is -0.272 e. The van der Waals surface area contributed by atoms with Crippen molar-refractivity contribution in [3.63, 3.8) is 0 Å². The lowest BCUT2D eigenvalue weighted by Gasteiger charge is -2.13. The Labute approximate surface area is 216 Å². The van der Waals surface area contributed by atoms with Crippen LogP contribution in [0.15, 0.2) is 106 Å². The molecule has 0 aliphatic rings. The highest BCUT2D eigenvalue weighted by molar-refractivity contribution is 7.99. The number of rotatable bonds is 6. The number of amides is 1. The van der Waals surface area contributed by atoms with Crippen LogP contribution in [0.5, 0.6) is 0 Å². The van der Waals surface area contributed by atoms with Gasteiger partial charge in [0.1, 0.15) is 0 Å². The molecular formula is C28H21ClN4O2S. The molecule has 6 nitrogen and oxygen atoms in total. The van der Waals surface area contributed by atoms with E-state index >= 15 is 0 Å². The van der Waals surface area contributed by atoms with E-state index in [0.717, 1.165) is 16.3 Å². The van der Waals surface area contributed by atoms with Crippen molar-refractivity contribution in [1.82, 2.24) is 15.0 Å². The van der Waals surface area contributed by atoms with E-state index in [0.29, 0.717) is 32.5 Å². The molecule has 1 heterocycles. The smallest absolute Gasteiger partial charge is 0.266 e. The molecule has 0 saturated heterocycles. The monoisotopic (exact) mass is 512 g/mol. The van der Waals surface area contributed by atoms with E-state index in [1.54, 1.807) is 42.5 Å². The number of carbonyl (C=O) groups excluding carboxylic acids is 1. The highest BCUT2D eigenvalue weighted by atomic mass is 35.5. The first-order chi connectivity index (χ1) is 17.5. The van der Waals surface area contributed by atoms with Gasteiger partial charge in [-0.15, -0.1) is 0 Å². The van der Waals surface area contributed by atoms with E-state index in [-0.39, 0.29) is 17.2 Å². The third-order valence-corrected chi connectivity index (χ3v) is 6.88. The zero-order chi connectivity index (χ0) is 25.1. The van der Waals surface area contributed by atoms with E-state index in [2.05, 4.69) is 15.5 Å². The van der Waals surface area contributed by atoms with E-state index in [1.807, 2.05) is 55.5 Å². The number of hydrogen-bond donors (Lipinski definition) is 1. The van der Waals surface area contributed by atoms with Crippen molar-refractivity contribution in [1.29, 1.82) is 0 Å². The number of hydrazone groups is 1. The minimum atomic E-state index is -0.301. The van der Waals surface area contributed by atoms with E-state index < -0.39 is 0 Å². The second kappa shape index (κ2) is 10.4. The lowest BCUT2D eigenvalue weighted by molar-refractivity contribution is -0.118. The summed E-state index contributed by atoms with van der Waals surface area (Å²) < 4.78 is 1.50. The molecule has 0 aliphatic carbocycles. The molecule has 1 aromatic heterocycles. The maximum Gasteiger partial charge on any atom is 0.266 e. The van der Waals surface area contributed by atoms with Gasteiger partial charge in [0, 0.05) is 10.6 Å². The fourth-order valence-electron chi connectivity index (χ4n) is 3.94. The van der Waals surface area contributed by atoms with Gasteiger partial charge in [0.05, 0.1) is 28.1 Å². The van der Waals surface area contributed by atoms with Crippen LogP contribution in [0.2, 0.25) is 5.02 Å². The molecule has 0 fully saturated rings. The fourth-order valence-corrected chi connectivity index (χ4v) is 4.87. The average molecular weight is 513 g/mol. The molecule has 0 aliphatic heterocycles. The second-order valence-electron chi connectivity index (χ2n) is 8.08. The number of para-hydroxylation sites is 1. The summed E-state index contributed by atoms with van der Waals surface area (Å²) in [5.41, 5.74) is 5.26. The molecule has 0 radical (unpaired) electrons. The van der Waals surface area contributed by atoms with Crippen LogP contribution in [-0.4, -0.2) is 26.9 Å². The number of fused-ring (bicyclic) bond motifs is 2. The summed E-state index contributed by atoms with van der Waals surface area (Å²) in [6.07, 6.45) is 0. The van der Waals surface area contributed by atoms with Crippen molar-refractivity contribution in [2.45, 2.75) is 12.1 Å². The third kappa shape index (κ3) is 4.89. The van der Waals surface area contributed by atoms with Crippen LogP contribution in [0.1, 0.15) is 12.5 Å². The molecule has 5 rings (SSSR count). The van der Waals surface area contributed by atoms with Gasteiger partial charge in [-0.2, -0.15) is 5.10 Å². The quantitative estimate of drug-likeness (QED) is 0.134. The van der Waals surface area contributed by atoms with Gasteiger partial charge < -0.3 is 0 Å². The predicted octanol–water partition coefficient (Wildman–Crippen LogP) is 5.82. The van der Waals surface area contributed by atoms with Gasteiger partial charge in [-0.05, 0) is 54.1 Å². The molecule has 178 valence electrons. The second-order valence-corrected chi connectivity index (χ2v) is 9.46. The zero-order valence-electron chi connectivity index (χ0n) is 19.3. The van der Waals surface area contributed by atoms with Crippen molar-refractivity contribution in [3.05, 3.63) is 112 Å². The molecule has 0 unspecified atom stereocenters. The van der Waals surface area contributed by atoms with Crippen molar-refractivity contribution in [2.24, 2.45) is 5.10 Å². The number of halogens is 1. The summed E-state index contributed by atoms with van der Waals surface area (Å²) in [5, 5.41) is 7.96. The normalized spacial score (nSPS) is 11.7. The van der Waals surface area contributed by atoms with Crippen LogP contribution in [0.4, 0.5) is 0 Å². The molecule has 1 amide bonds. The van der Waals surface area contributed by atoms with Gasteiger partial charge in [-0.25, -0.2) is 10.4 Å². The Balaban J connectivity index is 1.39. The topological polar surface area (TPSA) is 76.3 Å².